The van der Waals surface area contributed by atoms with Crippen LogP contribution in [0.15, 0.2) is 26.0 Å². The van der Waals surface area contributed by atoms with Gasteiger partial charge in [-0.25, -0.2) is 4.79 Å². The molecule has 0 spiro atoms. The van der Waals surface area contributed by atoms with E-state index in [4.69, 9.17) is 13.9 Å². The molecule has 0 unspecified atom stereocenters. The summed E-state index contributed by atoms with van der Waals surface area (Å²) < 4.78 is 11.2. The summed E-state index contributed by atoms with van der Waals surface area (Å²) in [5.74, 6) is -1.84. The first-order chi connectivity index (χ1) is 15.6. The van der Waals surface area contributed by atoms with Gasteiger partial charge in [-0.15, -0.1) is 0 Å². The molecule has 2 amide bonds. The maximum absolute atomic E-state index is 12.7. The zero-order valence-electron chi connectivity index (χ0n) is 19.2. The molecule has 176 valence electrons. The van der Waals surface area contributed by atoms with Crippen LogP contribution in [0.1, 0.15) is 48.4 Å². The highest BCUT2D eigenvalue weighted by Gasteiger charge is 2.21. The monoisotopic (exact) mass is 456 g/mol. The molecule has 0 aliphatic carbocycles. The molecule has 3 N–H and O–H groups in total. The van der Waals surface area contributed by atoms with E-state index in [0.717, 1.165) is 27.5 Å². The Kier molecular flexibility index (Phi) is 7.20. The molecular weight excluding hydrogens is 428 g/mol. The minimum atomic E-state index is -1.02. The normalized spacial score (nSPS) is 12.1. The molecule has 9 heteroatoms. The first kappa shape index (κ1) is 24.0. The van der Waals surface area contributed by atoms with Crippen molar-refractivity contribution in [2.24, 2.45) is 0 Å². The van der Waals surface area contributed by atoms with Crippen LogP contribution in [0.5, 0.6) is 0 Å². The van der Waals surface area contributed by atoms with Crippen molar-refractivity contribution in [1.29, 1.82) is 0 Å². The number of carbonyl (C=O) groups is 3. The Labute approximate surface area is 190 Å². The summed E-state index contributed by atoms with van der Waals surface area (Å²) in [6.07, 6.45) is 1.98. The largest absolute Gasteiger partial charge is 0.481 e. The standard InChI is InChI=1S/C24H28N2O7/c1-5-18(23(30)25-9-8-20(28)29)26-19(27)7-6-15-13(3)17-10-16-12(2)11-32-21(16)14(4)22(17)33-24(15)31/h10-11,18H,5-9H2,1-4H3,(H,25,30)(H,26,27)(H,28,29)/t18-/m1/s1. The number of carboxylic acids is 1. The summed E-state index contributed by atoms with van der Waals surface area (Å²) >= 11 is 0. The molecule has 3 aromatic rings. The number of fused-ring (bicyclic) bond motifs is 2. The van der Waals surface area contributed by atoms with E-state index in [1.165, 1.54) is 0 Å². The number of nitrogens with one attached hydrogen (secondary N) is 2. The third kappa shape index (κ3) is 5.08. The fourth-order valence-corrected chi connectivity index (χ4v) is 3.88. The quantitative estimate of drug-likeness (QED) is 0.421. The highest BCUT2D eigenvalue weighted by molar-refractivity contribution is 5.99. The lowest BCUT2D eigenvalue weighted by Gasteiger charge is -2.17. The minimum absolute atomic E-state index is 0.00196. The van der Waals surface area contributed by atoms with Crippen molar-refractivity contribution in [3.05, 3.63) is 45.0 Å². The molecule has 1 atom stereocenters. The molecule has 0 radical (unpaired) electrons. The Morgan fingerprint density at radius 2 is 1.79 bits per heavy atom. The summed E-state index contributed by atoms with van der Waals surface area (Å²) in [7, 11) is 0. The first-order valence-corrected chi connectivity index (χ1v) is 10.9. The number of aryl methyl sites for hydroxylation is 3. The number of amides is 2. The lowest BCUT2D eigenvalue weighted by atomic mass is 9.98. The first-order valence-electron chi connectivity index (χ1n) is 10.9. The molecule has 1 aromatic carbocycles. The average molecular weight is 456 g/mol. The highest BCUT2D eigenvalue weighted by Crippen LogP contribution is 2.32. The van der Waals surface area contributed by atoms with Crippen molar-refractivity contribution in [3.63, 3.8) is 0 Å². The van der Waals surface area contributed by atoms with Crippen LogP contribution in [0.4, 0.5) is 0 Å². The fraction of sp³-hybridized carbons (Fsp3) is 0.417. The van der Waals surface area contributed by atoms with Gasteiger partial charge in [0, 0.05) is 34.9 Å². The zero-order chi connectivity index (χ0) is 24.3. The number of carbonyl (C=O) groups excluding carboxylic acids is 2. The Morgan fingerprint density at radius 1 is 1.06 bits per heavy atom. The lowest BCUT2D eigenvalue weighted by Crippen LogP contribution is -2.46. The fourth-order valence-electron chi connectivity index (χ4n) is 3.88. The van der Waals surface area contributed by atoms with Crippen LogP contribution in [-0.2, 0) is 20.8 Å². The number of hydrogen-bond acceptors (Lipinski definition) is 6. The molecule has 0 aliphatic rings. The molecule has 0 saturated heterocycles. The average Bonchev–Trinajstić information content (AvgIpc) is 3.13. The number of hydrogen-bond donors (Lipinski definition) is 3. The van der Waals surface area contributed by atoms with Gasteiger partial charge in [0.25, 0.3) is 0 Å². The summed E-state index contributed by atoms with van der Waals surface area (Å²) in [6, 6.07) is 1.16. The van der Waals surface area contributed by atoms with Crippen molar-refractivity contribution in [3.8, 4) is 0 Å². The van der Waals surface area contributed by atoms with Gasteiger partial charge >= 0.3 is 11.6 Å². The van der Waals surface area contributed by atoms with Crippen LogP contribution in [0, 0.1) is 20.8 Å². The SMILES string of the molecule is CC[C@@H](NC(=O)CCc1c(C)c2cc3c(C)coc3c(C)c2oc1=O)C(=O)NCCC(=O)O. The Morgan fingerprint density at radius 3 is 2.45 bits per heavy atom. The van der Waals surface area contributed by atoms with E-state index < -0.39 is 23.5 Å². The molecule has 33 heavy (non-hydrogen) atoms. The van der Waals surface area contributed by atoms with Gasteiger partial charge in [-0.3, -0.25) is 14.4 Å². The lowest BCUT2D eigenvalue weighted by molar-refractivity contribution is -0.137. The van der Waals surface area contributed by atoms with E-state index in [2.05, 4.69) is 10.6 Å². The molecule has 9 nitrogen and oxygen atoms in total. The van der Waals surface area contributed by atoms with Gasteiger partial charge in [0.2, 0.25) is 11.8 Å². The molecular formula is C24H28N2O7. The molecule has 0 bridgehead atoms. The number of aliphatic carboxylic acids is 1. The molecule has 0 fully saturated rings. The number of carboxylic acid groups (broad SMARTS) is 1. The number of furan rings is 1. The molecule has 2 aromatic heterocycles. The zero-order valence-corrected chi connectivity index (χ0v) is 19.2. The van der Waals surface area contributed by atoms with E-state index in [0.29, 0.717) is 23.2 Å². The van der Waals surface area contributed by atoms with E-state index in [-0.39, 0.29) is 31.7 Å². The van der Waals surface area contributed by atoms with E-state index in [1.807, 2.05) is 26.8 Å². The third-order valence-electron chi connectivity index (χ3n) is 5.84. The summed E-state index contributed by atoms with van der Waals surface area (Å²) in [5, 5.41) is 15.5. The van der Waals surface area contributed by atoms with Gasteiger partial charge in [-0.1, -0.05) is 6.92 Å². The van der Waals surface area contributed by atoms with Crippen LogP contribution in [-0.4, -0.2) is 35.5 Å². The second-order valence-corrected chi connectivity index (χ2v) is 8.13. The van der Waals surface area contributed by atoms with Crippen molar-refractivity contribution in [1.82, 2.24) is 10.6 Å². The van der Waals surface area contributed by atoms with Crippen molar-refractivity contribution in [2.75, 3.05) is 6.54 Å². The maximum atomic E-state index is 12.7. The third-order valence-corrected chi connectivity index (χ3v) is 5.84. The molecule has 2 heterocycles. The Bertz CT molecular complexity index is 1290. The number of rotatable bonds is 9. The van der Waals surface area contributed by atoms with Gasteiger partial charge in [-0.2, -0.15) is 0 Å². The molecule has 0 saturated carbocycles. The summed E-state index contributed by atoms with van der Waals surface area (Å²) in [6.45, 7) is 7.34. The van der Waals surface area contributed by atoms with Gasteiger partial charge in [-0.05, 0) is 50.8 Å². The minimum Gasteiger partial charge on any atom is -0.481 e. The second kappa shape index (κ2) is 9.89. The topological polar surface area (TPSA) is 139 Å². The maximum Gasteiger partial charge on any atom is 0.339 e. The van der Waals surface area contributed by atoms with Crippen LogP contribution in [0.25, 0.3) is 21.9 Å². The van der Waals surface area contributed by atoms with Crippen molar-refractivity contribution in [2.45, 2.75) is 59.4 Å². The van der Waals surface area contributed by atoms with Crippen LogP contribution >= 0.6 is 0 Å². The van der Waals surface area contributed by atoms with Crippen molar-refractivity contribution < 1.29 is 28.3 Å². The Balaban J connectivity index is 1.75. The predicted molar refractivity (Wildman–Crippen MR) is 122 cm³/mol. The van der Waals surface area contributed by atoms with Gasteiger partial charge in [0.15, 0.2) is 0 Å². The summed E-state index contributed by atoms with van der Waals surface area (Å²) in [5.41, 5.74) is 3.54. The molecule has 0 aliphatic heterocycles. The van der Waals surface area contributed by atoms with Crippen LogP contribution < -0.4 is 16.3 Å². The number of benzene rings is 1. The van der Waals surface area contributed by atoms with Gasteiger partial charge < -0.3 is 24.6 Å². The van der Waals surface area contributed by atoms with Gasteiger partial charge in [0.1, 0.15) is 17.2 Å². The smallest absolute Gasteiger partial charge is 0.339 e. The second-order valence-electron chi connectivity index (χ2n) is 8.13. The predicted octanol–water partition coefficient (Wildman–Crippen LogP) is 2.88. The summed E-state index contributed by atoms with van der Waals surface area (Å²) in [4.78, 5) is 47.9. The Hall–Kier alpha value is -3.62. The van der Waals surface area contributed by atoms with E-state index in [1.54, 1.807) is 13.2 Å². The highest BCUT2D eigenvalue weighted by atomic mass is 16.4. The van der Waals surface area contributed by atoms with E-state index in [9.17, 15) is 19.2 Å². The van der Waals surface area contributed by atoms with Crippen LogP contribution in [0.2, 0.25) is 0 Å². The molecule has 3 rings (SSSR count). The van der Waals surface area contributed by atoms with Crippen LogP contribution in [0.3, 0.4) is 0 Å². The van der Waals surface area contributed by atoms with E-state index >= 15 is 0 Å². The van der Waals surface area contributed by atoms with Gasteiger partial charge in [0.05, 0.1) is 12.7 Å². The van der Waals surface area contributed by atoms with Crippen molar-refractivity contribution >= 4 is 39.7 Å².